The van der Waals surface area contributed by atoms with Crippen LogP contribution >= 0.6 is 11.6 Å². The smallest absolute Gasteiger partial charge is 0.287 e. The Morgan fingerprint density at radius 3 is 2.75 bits per heavy atom. The summed E-state index contributed by atoms with van der Waals surface area (Å²) in [6.45, 7) is -0.130. The zero-order valence-corrected chi connectivity index (χ0v) is 9.67. The van der Waals surface area contributed by atoms with Gasteiger partial charge in [0.25, 0.3) is 5.92 Å². The Bertz CT molecular complexity index is 376. The van der Waals surface area contributed by atoms with Gasteiger partial charge in [0.15, 0.2) is 5.15 Å². The first kappa shape index (κ1) is 13.1. The maximum Gasteiger partial charge on any atom is 0.287 e. The third-order valence-electron chi connectivity index (χ3n) is 2.13. The highest BCUT2D eigenvalue weighted by atomic mass is 35.5. The van der Waals surface area contributed by atoms with Gasteiger partial charge in [0.2, 0.25) is 0 Å². The minimum atomic E-state index is -3.16. The van der Waals surface area contributed by atoms with Gasteiger partial charge in [-0.1, -0.05) is 11.6 Å². The van der Waals surface area contributed by atoms with Crippen molar-refractivity contribution in [3.05, 3.63) is 16.9 Å². The molecule has 0 saturated carbocycles. The van der Waals surface area contributed by atoms with E-state index in [4.69, 9.17) is 16.7 Å². The third-order valence-corrected chi connectivity index (χ3v) is 2.49. The van der Waals surface area contributed by atoms with Gasteiger partial charge in [-0.25, -0.2) is 8.78 Å². The maximum atomic E-state index is 13.0. The molecule has 1 N–H and O–H groups in total. The van der Waals surface area contributed by atoms with Gasteiger partial charge >= 0.3 is 0 Å². The molecule has 0 aliphatic rings. The van der Waals surface area contributed by atoms with Crippen LogP contribution in [-0.4, -0.2) is 41.4 Å². The standard InChI is InChI=1S/C9H12ClF2N3O/c1-6-7(3-13-14-8(6)10)15(2)4-9(11,12)5-16/h3,16H,4-5H2,1-2H3. The molecule has 0 amide bonds. The molecule has 0 aromatic carbocycles. The molecule has 0 fully saturated rings. The van der Waals surface area contributed by atoms with Crippen molar-refractivity contribution in [1.29, 1.82) is 0 Å². The summed E-state index contributed by atoms with van der Waals surface area (Å²) in [5, 5.41) is 15.8. The predicted molar refractivity (Wildman–Crippen MR) is 57.1 cm³/mol. The number of aliphatic hydroxyl groups excluding tert-OH is 1. The van der Waals surface area contributed by atoms with E-state index in [2.05, 4.69) is 10.2 Å². The Labute approximate surface area is 96.9 Å². The van der Waals surface area contributed by atoms with Gasteiger partial charge < -0.3 is 10.0 Å². The van der Waals surface area contributed by atoms with Crippen molar-refractivity contribution in [3.63, 3.8) is 0 Å². The summed E-state index contributed by atoms with van der Waals surface area (Å²) in [6, 6.07) is 0. The Hall–Kier alpha value is -1.01. The van der Waals surface area contributed by atoms with Crippen molar-refractivity contribution < 1.29 is 13.9 Å². The van der Waals surface area contributed by atoms with Gasteiger partial charge in [0.1, 0.15) is 6.61 Å². The highest BCUT2D eigenvalue weighted by molar-refractivity contribution is 6.30. The van der Waals surface area contributed by atoms with Crippen LogP contribution in [0.5, 0.6) is 0 Å². The van der Waals surface area contributed by atoms with Crippen molar-refractivity contribution in [2.45, 2.75) is 12.8 Å². The molecule has 0 radical (unpaired) electrons. The Kier molecular flexibility index (Phi) is 3.98. The van der Waals surface area contributed by atoms with Crippen LogP contribution in [0, 0.1) is 6.92 Å². The second-order valence-corrected chi connectivity index (χ2v) is 3.87. The first-order chi connectivity index (χ1) is 7.37. The molecular formula is C9H12ClF2N3O. The summed E-state index contributed by atoms with van der Waals surface area (Å²) < 4.78 is 25.9. The number of halogens is 3. The fourth-order valence-electron chi connectivity index (χ4n) is 1.28. The summed E-state index contributed by atoms with van der Waals surface area (Å²) in [4.78, 5) is 1.28. The average Bonchev–Trinajstić information content (AvgIpc) is 2.21. The third kappa shape index (κ3) is 2.99. The fourth-order valence-corrected chi connectivity index (χ4v) is 1.42. The number of aromatic nitrogens is 2. The molecule has 90 valence electrons. The molecular weight excluding hydrogens is 240 g/mol. The fraction of sp³-hybridized carbons (Fsp3) is 0.556. The number of hydrogen-bond donors (Lipinski definition) is 1. The van der Waals surface area contributed by atoms with E-state index >= 15 is 0 Å². The largest absolute Gasteiger partial charge is 0.390 e. The normalized spacial score (nSPS) is 11.6. The lowest BCUT2D eigenvalue weighted by molar-refractivity contribution is -0.0415. The van der Waals surface area contributed by atoms with Crippen LogP contribution in [-0.2, 0) is 0 Å². The van der Waals surface area contributed by atoms with E-state index in [9.17, 15) is 8.78 Å². The molecule has 7 heteroatoms. The van der Waals surface area contributed by atoms with Crippen LogP contribution in [0.2, 0.25) is 5.15 Å². The number of nitrogens with zero attached hydrogens (tertiary/aromatic N) is 3. The topological polar surface area (TPSA) is 49.2 Å². The van der Waals surface area contributed by atoms with Crippen molar-refractivity contribution in [2.24, 2.45) is 0 Å². The maximum absolute atomic E-state index is 13.0. The zero-order valence-electron chi connectivity index (χ0n) is 8.91. The summed E-state index contributed by atoms with van der Waals surface area (Å²) in [5.41, 5.74) is 1.04. The van der Waals surface area contributed by atoms with Gasteiger partial charge in [0.05, 0.1) is 18.4 Å². The van der Waals surface area contributed by atoms with Crippen LogP contribution in [0.3, 0.4) is 0 Å². The minimum Gasteiger partial charge on any atom is -0.390 e. The number of rotatable bonds is 4. The van der Waals surface area contributed by atoms with Crippen LogP contribution in [0.1, 0.15) is 5.56 Å². The van der Waals surface area contributed by atoms with Gasteiger partial charge in [-0.05, 0) is 6.92 Å². The van der Waals surface area contributed by atoms with Crippen molar-refractivity contribution in [1.82, 2.24) is 10.2 Å². The summed E-state index contributed by atoms with van der Waals surface area (Å²) >= 11 is 5.73. The molecule has 1 aromatic heterocycles. The van der Waals surface area contributed by atoms with Gasteiger partial charge in [-0.3, -0.25) is 0 Å². The lowest BCUT2D eigenvalue weighted by atomic mass is 10.2. The molecule has 1 aromatic rings. The van der Waals surface area contributed by atoms with E-state index in [1.807, 2.05) is 0 Å². The van der Waals surface area contributed by atoms with Gasteiger partial charge in [-0.15, -0.1) is 5.10 Å². The van der Waals surface area contributed by atoms with Gasteiger partial charge in [-0.2, -0.15) is 5.10 Å². The highest BCUT2D eigenvalue weighted by Gasteiger charge is 2.30. The molecule has 0 unspecified atom stereocenters. The summed E-state index contributed by atoms with van der Waals surface area (Å²) in [6.07, 6.45) is 1.36. The molecule has 0 aliphatic heterocycles. The monoisotopic (exact) mass is 251 g/mol. The lowest BCUT2D eigenvalue weighted by Gasteiger charge is -2.25. The van der Waals surface area contributed by atoms with Crippen molar-refractivity contribution in [2.75, 3.05) is 25.1 Å². The molecule has 1 heterocycles. The first-order valence-electron chi connectivity index (χ1n) is 4.55. The molecule has 4 nitrogen and oxygen atoms in total. The van der Waals surface area contributed by atoms with E-state index in [-0.39, 0.29) is 5.15 Å². The van der Waals surface area contributed by atoms with Crippen molar-refractivity contribution in [3.8, 4) is 0 Å². The average molecular weight is 252 g/mol. The number of hydrogen-bond acceptors (Lipinski definition) is 4. The molecule has 16 heavy (non-hydrogen) atoms. The van der Waals surface area contributed by atoms with Crippen molar-refractivity contribution >= 4 is 17.3 Å². The zero-order chi connectivity index (χ0) is 12.3. The lowest BCUT2D eigenvalue weighted by Crippen LogP contribution is -2.37. The molecule has 0 aliphatic carbocycles. The predicted octanol–water partition coefficient (Wildman–Crippen LogP) is 1.50. The summed E-state index contributed by atoms with van der Waals surface area (Å²) in [5.74, 6) is -3.16. The number of anilines is 1. The molecule has 0 atom stereocenters. The SMILES string of the molecule is Cc1c(N(C)CC(F)(F)CO)cnnc1Cl. The van der Waals surface area contributed by atoms with Crippen LogP contribution in [0.15, 0.2) is 6.20 Å². The Balaban J connectivity index is 2.89. The van der Waals surface area contributed by atoms with Crippen LogP contribution in [0.25, 0.3) is 0 Å². The minimum absolute atomic E-state index is 0.177. The second kappa shape index (κ2) is 4.88. The Morgan fingerprint density at radius 1 is 1.56 bits per heavy atom. The van der Waals surface area contributed by atoms with Crippen LogP contribution in [0.4, 0.5) is 14.5 Å². The Morgan fingerprint density at radius 2 is 2.19 bits per heavy atom. The van der Waals surface area contributed by atoms with Crippen LogP contribution < -0.4 is 4.90 Å². The molecule has 0 saturated heterocycles. The molecule has 0 bridgehead atoms. The van der Waals surface area contributed by atoms with E-state index in [0.717, 1.165) is 0 Å². The van der Waals surface area contributed by atoms with E-state index in [0.29, 0.717) is 11.3 Å². The van der Waals surface area contributed by atoms with E-state index in [1.54, 1.807) is 6.92 Å². The molecule has 0 spiro atoms. The van der Waals surface area contributed by atoms with E-state index < -0.39 is 19.1 Å². The van der Waals surface area contributed by atoms with Gasteiger partial charge in [0, 0.05) is 12.6 Å². The second-order valence-electron chi connectivity index (χ2n) is 3.52. The quantitative estimate of drug-likeness (QED) is 0.881. The highest BCUT2D eigenvalue weighted by Crippen LogP contribution is 2.25. The number of aliphatic hydroxyl groups is 1. The summed E-state index contributed by atoms with van der Waals surface area (Å²) in [7, 11) is 1.48. The first-order valence-corrected chi connectivity index (χ1v) is 4.93. The van der Waals surface area contributed by atoms with E-state index in [1.165, 1.54) is 18.1 Å². The molecule has 1 rings (SSSR count). The number of alkyl halides is 2.